The van der Waals surface area contributed by atoms with Crippen LogP contribution in [0.25, 0.3) is 0 Å². The summed E-state index contributed by atoms with van der Waals surface area (Å²) in [5.74, 6) is 1.32. The Morgan fingerprint density at radius 3 is 2.60 bits per heavy atom. The molecular formula is C24H32N2O4. The van der Waals surface area contributed by atoms with Crippen LogP contribution in [-0.4, -0.2) is 55.7 Å². The van der Waals surface area contributed by atoms with E-state index in [1.54, 1.807) is 0 Å². The number of nitrogens with one attached hydrogen (secondary N) is 1. The highest BCUT2D eigenvalue weighted by Gasteiger charge is 2.59. The van der Waals surface area contributed by atoms with Crippen molar-refractivity contribution < 1.29 is 19.1 Å². The Kier molecular flexibility index (Phi) is 5.31. The lowest BCUT2D eigenvalue weighted by atomic mass is 9.48. The highest BCUT2D eigenvalue weighted by Crippen LogP contribution is 2.60. The molecule has 4 aliphatic carbocycles. The van der Waals surface area contributed by atoms with Gasteiger partial charge in [0.05, 0.1) is 19.1 Å². The number of esters is 1. The van der Waals surface area contributed by atoms with E-state index in [-0.39, 0.29) is 23.3 Å². The summed E-state index contributed by atoms with van der Waals surface area (Å²) in [5.41, 5.74) is 0.952. The third-order valence-corrected chi connectivity index (χ3v) is 7.89. The van der Waals surface area contributed by atoms with E-state index in [0.29, 0.717) is 30.9 Å². The molecule has 1 saturated heterocycles. The highest BCUT2D eigenvalue weighted by atomic mass is 16.5. The summed E-state index contributed by atoms with van der Waals surface area (Å²) in [5, 5.41) is 3.35. The quantitative estimate of drug-likeness (QED) is 0.752. The number of morpholine rings is 1. The van der Waals surface area contributed by atoms with Gasteiger partial charge in [0.1, 0.15) is 6.10 Å². The van der Waals surface area contributed by atoms with Crippen molar-refractivity contribution in [3.8, 4) is 0 Å². The fourth-order valence-corrected chi connectivity index (χ4v) is 6.83. The molecule has 1 amide bonds. The zero-order valence-electron chi connectivity index (χ0n) is 17.7. The molecule has 3 atom stereocenters. The fourth-order valence-electron chi connectivity index (χ4n) is 6.83. The molecule has 1 N–H and O–H groups in total. The minimum absolute atomic E-state index is 0.0114. The van der Waals surface area contributed by atoms with Gasteiger partial charge in [-0.25, -0.2) is 0 Å². The maximum absolute atomic E-state index is 13.1. The van der Waals surface area contributed by atoms with Crippen LogP contribution >= 0.6 is 0 Å². The zero-order valence-corrected chi connectivity index (χ0v) is 17.7. The normalized spacial score (nSPS) is 37.7. The summed E-state index contributed by atoms with van der Waals surface area (Å²) in [7, 11) is 1.50. The van der Waals surface area contributed by atoms with E-state index >= 15 is 0 Å². The summed E-state index contributed by atoms with van der Waals surface area (Å²) in [6, 6.07) is 10.5. The van der Waals surface area contributed by atoms with Gasteiger partial charge in [-0.1, -0.05) is 30.3 Å². The number of rotatable bonds is 5. The molecule has 2 unspecified atom stereocenters. The van der Waals surface area contributed by atoms with E-state index in [0.717, 1.165) is 45.2 Å². The lowest BCUT2D eigenvalue weighted by Gasteiger charge is -2.58. The fraction of sp³-hybridized carbons (Fsp3) is 0.667. The van der Waals surface area contributed by atoms with Gasteiger partial charge in [0.15, 0.2) is 0 Å². The molecule has 5 aliphatic rings. The van der Waals surface area contributed by atoms with Gasteiger partial charge in [0.25, 0.3) is 5.91 Å². The summed E-state index contributed by atoms with van der Waals surface area (Å²) < 4.78 is 11.0. The monoisotopic (exact) mass is 412 g/mol. The molecule has 6 nitrogen and oxygen atoms in total. The largest absolute Gasteiger partial charge is 0.469 e. The number of methoxy groups -OCH3 is 1. The van der Waals surface area contributed by atoms with Gasteiger partial charge < -0.3 is 14.8 Å². The van der Waals surface area contributed by atoms with E-state index in [2.05, 4.69) is 22.3 Å². The van der Waals surface area contributed by atoms with Crippen molar-refractivity contribution in [3.63, 3.8) is 0 Å². The lowest BCUT2D eigenvalue weighted by molar-refractivity contribution is -0.172. The van der Waals surface area contributed by atoms with Crippen LogP contribution in [0.4, 0.5) is 0 Å². The third kappa shape index (κ3) is 3.65. The van der Waals surface area contributed by atoms with Crippen molar-refractivity contribution in [2.45, 2.75) is 50.8 Å². The van der Waals surface area contributed by atoms with Crippen LogP contribution in [0.5, 0.6) is 0 Å². The smallest absolute Gasteiger partial charge is 0.311 e. The second kappa shape index (κ2) is 7.97. The molecule has 1 aromatic rings. The second-order valence-electron chi connectivity index (χ2n) is 9.86. The SMILES string of the molecule is COC(=O)C12CC3CC(C1)C(NC(=O)[C@H]1CN(Cc4ccccc4)CCO1)C(C3)C2. The Labute approximate surface area is 178 Å². The number of hydrogen-bond donors (Lipinski definition) is 1. The van der Waals surface area contributed by atoms with Gasteiger partial charge in [-0.2, -0.15) is 0 Å². The average molecular weight is 413 g/mol. The van der Waals surface area contributed by atoms with E-state index in [9.17, 15) is 9.59 Å². The van der Waals surface area contributed by atoms with E-state index in [1.807, 2.05) is 18.2 Å². The maximum Gasteiger partial charge on any atom is 0.311 e. The van der Waals surface area contributed by atoms with Crippen molar-refractivity contribution in [3.05, 3.63) is 35.9 Å². The minimum Gasteiger partial charge on any atom is -0.469 e. The molecule has 1 aromatic carbocycles. The summed E-state index contributed by atoms with van der Waals surface area (Å²) in [6.07, 6.45) is 4.48. The average Bonchev–Trinajstić information content (AvgIpc) is 2.76. The van der Waals surface area contributed by atoms with Crippen LogP contribution in [0.2, 0.25) is 0 Å². The summed E-state index contributed by atoms with van der Waals surface area (Å²) in [6.45, 7) is 2.89. The number of carbonyl (C=O) groups is 2. The van der Waals surface area contributed by atoms with Crippen LogP contribution in [-0.2, 0) is 25.6 Å². The number of hydrogen-bond acceptors (Lipinski definition) is 5. The van der Waals surface area contributed by atoms with E-state index < -0.39 is 6.10 Å². The summed E-state index contributed by atoms with van der Waals surface area (Å²) >= 11 is 0. The molecule has 0 radical (unpaired) electrons. The van der Waals surface area contributed by atoms with Gasteiger partial charge in [-0.15, -0.1) is 0 Å². The first kappa shape index (κ1) is 20.0. The number of amides is 1. The first-order chi connectivity index (χ1) is 14.6. The van der Waals surface area contributed by atoms with Crippen LogP contribution in [0.3, 0.4) is 0 Å². The molecule has 1 aliphatic heterocycles. The zero-order chi connectivity index (χ0) is 20.7. The first-order valence-electron chi connectivity index (χ1n) is 11.3. The minimum atomic E-state index is -0.422. The topological polar surface area (TPSA) is 67.9 Å². The second-order valence-corrected chi connectivity index (χ2v) is 9.86. The van der Waals surface area contributed by atoms with Crippen molar-refractivity contribution in [1.82, 2.24) is 10.2 Å². The Hall–Kier alpha value is -1.92. The number of ether oxygens (including phenoxy) is 2. The molecule has 30 heavy (non-hydrogen) atoms. The summed E-state index contributed by atoms with van der Waals surface area (Å²) in [4.78, 5) is 27.9. The van der Waals surface area contributed by atoms with Gasteiger partial charge in [0, 0.05) is 25.7 Å². The van der Waals surface area contributed by atoms with Crippen molar-refractivity contribution in [2.24, 2.45) is 23.2 Å². The predicted molar refractivity (Wildman–Crippen MR) is 111 cm³/mol. The molecular weight excluding hydrogens is 380 g/mol. The van der Waals surface area contributed by atoms with Gasteiger partial charge >= 0.3 is 5.97 Å². The molecule has 6 rings (SSSR count). The van der Waals surface area contributed by atoms with Gasteiger partial charge in [0.2, 0.25) is 0 Å². The standard InChI is InChI=1S/C24H32N2O4/c1-29-23(28)24-11-17-9-18(12-24)21(19(10-17)13-24)25-22(27)20-15-26(7-8-30-20)14-16-5-3-2-4-6-16/h2-6,17-21H,7-15H2,1H3,(H,25,27)/t17?,18?,19?,20-,21?,24?/m1/s1. The predicted octanol–water partition coefficient (Wildman–Crippen LogP) is 2.37. The van der Waals surface area contributed by atoms with Gasteiger partial charge in [-0.3, -0.25) is 14.5 Å². The Balaban J connectivity index is 1.21. The molecule has 162 valence electrons. The van der Waals surface area contributed by atoms with Crippen LogP contribution in [0.1, 0.15) is 37.7 Å². The first-order valence-corrected chi connectivity index (χ1v) is 11.3. The van der Waals surface area contributed by atoms with Crippen molar-refractivity contribution >= 4 is 11.9 Å². The number of nitrogens with zero attached hydrogens (tertiary/aromatic N) is 1. The van der Waals surface area contributed by atoms with Crippen LogP contribution in [0.15, 0.2) is 30.3 Å². The number of carbonyl (C=O) groups excluding carboxylic acids is 2. The van der Waals surface area contributed by atoms with Gasteiger partial charge in [-0.05, 0) is 55.4 Å². The molecule has 5 fully saturated rings. The molecule has 1 heterocycles. The van der Waals surface area contributed by atoms with Crippen LogP contribution in [0, 0.1) is 23.2 Å². The Morgan fingerprint density at radius 2 is 1.90 bits per heavy atom. The highest BCUT2D eigenvalue weighted by molar-refractivity contribution is 5.82. The Bertz CT molecular complexity index is 782. The maximum atomic E-state index is 13.1. The lowest BCUT2D eigenvalue weighted by Crippen LogP contribution is -2.63. The van der Waals surface area contributed by atoms with E-state index in [4.69, 9.17) is 9.47 Å². The van der Waals surface area contributed by atoms with E-state index in [1.165, 1.54) is 12.7 Å². The van der Waals surface area contributed by atoms with Crippen molar-refractivity contribution in [1.29, 1.82) is 0 Å². The number of benzene rings is 1. The third-order valence-electron chi connectivity index (χ3n) is 7.89. The molecule has 4 saturated carbocycles. The molecule has 0 aromatic heterocycles. The molecule has 6 heteroatoms. The molecule has 0 spiro atoms. The van der Waals surface area contributed by atoms with Crippen LogP contribution < -0.4 is 5.32 Å². The molecule has 4 bridgehead atoms. The Morgan fingerprint density at radius 1 is 1.17 bits per heavy atom. The van der Waals surface area contributed by atoms with Crippen molar-refractivity contribution in [2.75, 3.05) is 26.8 Å².